The number of nitrogens with one attached hydrogen (secondary N) is 1. The Bertz CT molecular complexity index is 738. The van der Waals surface area contributed by atoms with Crippen molar-refractivity contribution in [2.24, 2.45) is 0 Å². The van der Waals surface area contributed by atoms with Crippen LogP contribution in [-0.2, 0) is 21.2 Å². The number of carbonyl (C=O) groups is 1. The predicted octanol–water partition coefficient (Wildman–Crippen LogP) is 1.39. The first kappa shape index (κ1) is 19.2. The quantitative estimate of drug-likeness (QED) is 0.850. The van der Waals surface area contributed by atoms with Gasteiger partial charge in [0, 0.05) is 44.3 Å². The first-order chi connectivity index (χ1) is 10.8. The van der Waals surface area contributed by atoms with E-state index < -0.39 is 10.0 Å². The molecule has 0 aliphatic carbocycles. The Kier molecular flexibility index (Phi) is 5.59. The van der Waals surface area contributed by atoms with Gasteiger partial charge in [0.25, 0.3) is 0 Å². The molecule has 1 aromatic rings. The number of piperazine rings is 1. The van der Waals surface area contributed by atoms with Gasteiger partial charge in [0.1, 0.15) is 0 Å². The molecule has 0 aromatic heterocycles. The Morgan fingerprint density at radius 1 is 1.25 bits per heavy atom. The van der Waals surface area contributed by atoms with E-state index in [1.54, 1.807) is 27.4 Å². The molecule has 1 amide bonds. The van der Waals surface area contributed by atoms with Crippen LogP contribution in [0, 0.1) is 0 Å². The molecule has 8 heteroatoms. The lowest BCUT2D eigenvalue weighted by molar-refractivity contribution is -0.116. The zero-order valence-electron chi connectivity index (χ0n) is 14.2. The highest BCUT2D eigenvalue weighted by Gasteiger charge is 2.35. The van der Waals surface area contributed by atoms with E-state index in [4.69, 9.17) is 0 Å². The number of sulfonamides is 1. The summed E-state index contributed by atoms with van der Waals surface area (Å²) in [5.41, 5.74) is 1.76. The summed E-state index contributed by atoms with van der Waals surface area (Å²) in [4.78, 5) is 13.6. The highest BCUT2D eigenvalue weighted by atomic mass is 35.5. The predicted molar refractivity (Wildman–Crippen MR) is 96.2 cm³/mol. The Morgan fingerprint density at radius 2 is 1.96 bits per heavy atom. The van der Waals surface area contributed by atoms with Crippen molar-refractivity contribution in [1.29, 1.82) is 0 Å². The summed E-state index contributed by atoms with van der Waals surface area (Å²) in [6.07, 6.45) is 0.700. The van der Waals surface area contributed by atoms with Gasteiger partial charge in [0.15, 0.2) is 0 Å². The van der Waals surface area contributed by atoms with Crippen molar-refractivity contribution in [3.8, 4) is 0 Å². The lowest BCUT2D eigenvalue weighted by atomic mass is 10.1. The van der Waals surface area contributed by atoms with Crippen molar-refractivity contribution in [3.05, 3.63) is 23.8 Å². The van der Waals surface area contributed by atoms with Crippen LogP contribution in [0.25, 0.3) is 0 Å². The molecule has 2 aliphatic heterocycles. The number of benzene rings is 1. The number of nitrogens with zero attached hydrogens (tertiary/aromatic N) is 2. The molecule has 1 N–H and O–H groups in total. The molecule has 2 aliphatic rings. The standard InChI is InChI=1S/C16H23N3O3S.ClH/c1-11-12(2)19(9-7-17-11)23(21,22)15-4-5-16-14(10-15)6-8-18(16)13(3)20;/h4-5,10-12,17H,6-9H2,1-3H3;1H. The summed E-state index contributed by atoms with van der Waals surface area (Å²) in [7, 11) is -3.51. The van der Waals surface area contributed by atoms with E-state index in [0.29, 0.717) is 31.0 Å². The third-order valence-corrected chi connectivity index (χ3v) is 6.89. The van der Waals surface area contributed by atoms with Gasteiger partial charge >= 0.3 is 0 Å². The van der Waals surface area contributed by atoms with Crippen molar-refractivity contribution in [2.45, 2.75) is 44.2 Å². The van der Waals surface area contributed by atoms with Gasteiger partial charge in [-0.15, -0.1) is 12.4 Å². The number of hydrogen-bond acceptors (Lipinski definition) is 4. The molecule has 3 rings (SSSR count). The molecule has 0 radical (unpaired) electrons. The van der Waals surface area contributed by atoms with Crippen LogP contribution >= 0.6 is 12.4 Å². The van der Waals surface area contributed by atoms with Crippen LogP contribution in [0.3, 0.4) is 0 Å². The Labute approximate surface area is 149 Å². The minimum Gasteiger partial charge on any atom is -0.312 e. The second-order valence-electron chi connectivity index (χ2n) is 6.31. The topological polar surface area (TPSA) is 69.7 Å². The molecule has 2 heterocycles. The molecule has 2 unspecified atom stereocenters. The molecule has 0 spiro atoms. The Hall–Kier alpha value is -1.15. The van der Waals surface area contributed by atoms with Gasteiger partial charge in [0.2, 0.25) is 15.9 Å². The van der Waals surface area contributed by atoms with Gasteiger partial charge in [-0.3, -0.25) is 4.79 Å². The maximum atomic E-state index is 13.0. The minimum absolute atomic E-state index is 0. The summed E-state index contributed by atoms with van der Waals surface area (Å²) in [6.45, 7) is 7.22. The third kappa shape index (κ3) is 3.18. The van der Waals surface area contributed by atoms with Crippen LogP contribution in [0.2, 0.25) is 0 Å². The largest absolute Gasteiger partial charge is 0.312 e. The molecule has 24 heavy (non-hydrogen) atoms. The summed E-state index contributed by atoms with van der Waals surface area (Å²) in [5.74, 6) is -0.0103. The smallest absolute Gasteiger partial charge is 0.243 e. The zero-order chi connectivity index (χ0) is 16.8. The molecular formula is C16H24ClN3O3S. The maximum absolute atomic E-state index is 13.0. The van der Waals surface area contributed by atoms with E-state index >= 15 is 0 Å². The lowest BCUT2D eigenvalue weighted by Gasteiger charge is -2.37. The van der Waals surface area contributed by atoms with Gasteiger partial charge in [-0.1, -0.05) is 0 Å². The number of carbonyl (C=O) groups excluding carboxylic acids is 1. The van der Waals surface area contributed by atoms with Crippen LogP contribution in [0.4, 0.5) is 5.69 Å². The molecule has 134 valence electrons. The summed E-state index contributed by atoms with van der Waals surface area (Å²) < 4.78 is 27.5. The summed E-state index contributed by atoms with van der Waals surface area (Å²) in [5, 5.41) is 3.29. The van der Waals surface area contributed by atoms with Gasteiger partial charge in [-0.25, -0.2) is 8.42 Å². The van der Waals surface area contributed by atoms with Gasteiger partial charge in [-0.05, 0) is 44.0 Å². The highest BCUT2D eigenvalue weighted by Crippen LogP contribution is 2.32. The molecule has 1 saturated heterocycles. The van der Waals surface area contributed by atoms with E-state index in [0.717, 1.165) is 11.3 Å². The van der Waals surface area contributed by atoms with Crippen molar-refractivity contribution in [2.75, 3.05) is 24.5 Å². The molecule has 0 saturated carbocycles. The highest BCUT2D eigenvalue weighted by molar-refractivity contribution is 7.89. The SMILES string of the molecule is CC(=O)N1CCc2cc(S(=O)(=O)N3CCNC(C)C3C)ccc21.Cl. The fourth-order valence-electron chi connectivity index (χ4n) is 3.37. The Balaban J connectivity index is 0.00000208. The van der Waals surface area contributed by atoms with Gasteiger partial charge < -0.3 is 10.2 Å². The van der Waals surface area contributed by atoms with E-state index in [2.05, 4.69) is 5.32 Å². The number of anilines is 1. The number of hydrogen-bond donors (Lipinski definition) is 1. The van der Waals surface area contributed by atoms with Crippen LogP contribution in [0.5, 0.6) is 0 Å². The fraction of sp³-hybridized carbons (Fsp3) is 0.562. The van der Waals surface area contributed by atoms with E-state index in [-0.39, 0.29) is 30.4 Å². The van der Waals surface area contributed by atoms with E-state index in [1.807, 2.05) is 13.8 Å². The summed E-state index contributed by atoms with van der Waals surface area (Å²) >= 11 is 0. The molecule has 6 nitrogen and oxygen atoms in total. The Morgan fingerprint density at radius 3 is 2.62 bits per heavy atom. The normalized spacial score (nSPS) is 24.4. The first-order valence-corrected chi connectivity index (χ1v) is 9.42. The number of rotatable bonds is 2. The van der Waals surface area contributed by atoms with E-state index in [1.165, 1.54) is 6.92 Å². The zero-order valence-corrected chi connectivity index (χ0v) is 15.8. The monoisotopic (exact) mass is 373 g/mol. The minimum atomic E-state index is -3.51. The van der Waals surface area contributed by atoms with Crippen LogP contribution in [0.1, 0.15) is 26.3 Å². The van der Waals surface area contributed by atoms with Crippen LogP contribution in [0.15, 0.2) is 23.1 Å². The second-order valence-corrected chi connectivity index (χ2v) is 8.20. The molecular weight excluding hydrogens is 350 g/mol. The summed E-state index contributed by atoms with van der Waals surface area (Å²) in [6, 6.07) is 5.14. The van der Waals surface area contributed by atoms with Gasteiger partial charge in [-0.2, -0.15) is 4.31 Å². The average Bonchev–Trinajstić information content (AvgIpc) is 2.93. The molecule has 0 bridgehead atoms. The molecule has 2 atom stereocenters. The number of fused-ring (bicyclic) bond motifs is 1. The number of halogens is 1. The molecule has 1 aromatic carbocycles. The van der Waals surface area contributed by atoms with Crippen molar-refractivity contribution in [3.63, 3.8) is 0 Å². The lowest BCUT2D eigenvalue weighted by Crippen LogP contribution is -2.57. The second kappa shape index (κ2) is 7.00. The third-order valence-electron chi connectivity index (χ3n) is 4.91. The van der Waals surface area contributed by atoms with Crippen molar-refractivity contribution < 1.29 is 13.2 Å². The van der Waals surface area contributed by atoms with Crippen molar-refractivity contribution >= 4 is 34.0 Å². The maximum Gasteiger partial charge on any atom is 0.243 e. The fourth-order valence-corrected chi connectivity index (χ4v) is 5.12. The number of amides is 1. The van der Waals surface area contributed by atoms with Crippen molar-refractivity contribution in [1.82, 2.24) is 9.62 Å². The van der Waals surface area contributed by atoms with Crippen LogP contribution in [-0.4, -0.2) is 50.3 Å². The first-order valence-electron chi connectivity index (χ1n) is 7.98. The molecule has 1 fully saturated rings. The van der Waals surface area contributed by atoms with Gasteiger partial charge in [0.05, 0.1) is 4.90 Å². The van der Waals surface area contributed by atoms with Crippen LogP contribution < -0.4 is 10.2 Å². The van der Waals surface area contributed by atoms with E-state index in [9.17, 15) is 13.2 Å². The average molecular weight is 374 g/mol.